The molecule has 0 spiro atoms. The van der Waals surface area contributed by atoms with Crippen molar-refractivity contribution in [2.24, 2.45) is 0 Å². The van der Waals surface area contributed by atoms with Crippen LogP contribution in [0.2, 0.25) is 0 Å². The van der Waals surface area contributed by atoms with E-state index in [-0.39, 0.29) is 5.69 Å². The zero-order valence-corrected chi connectivity index (χ0v) is 10.7. The normalized spacial score (nSPS) is 11.8. The van der Waals surface area contributed by atoms with Gasteiger partial charge >= 0.3 is 6.18 Å². The van der Waals surface area contributed by atoms with Gasteiger partial charge in [-0.1, -0.05) is 37.5 Å². The Hall–Kier alpha value is -1.62. The highest BCUT2D eigenvalue weighted by atomic mass is 32.1. The van der Waals surface area contributed by atoms with Gasteiger partial charge in [0, 0.05) is 5.38 Å². The van der Waals surface area contributed by atoms with E-state index in [2.05, 4.69) is 24.7 Å². The van der Waals surface area contributed by atoms with Crippen LogP contribution in [-0.4, -0.2) is 4.98 Å². The molecule has 0 aliphatic heterocycles. The predicted molar refractivity (Wildman–Crippen MR) is 69.2 cm³/mol. The molecule has 0 unspecified atom stereocenters. The van der Waals surface area contributed by atoms with E-state index in [1.165, 1.54) is 5.38 Å². The van der Waals surface area contributed by atoms with E-state index in [4.69, 9.17) is 0 Å². The zero-order valence-electron chi connectivity index (χ0n) is 9.84. The van der Waals surface area contributed by atoms with Gasteiger partial charge in [0.25, 0.3) is 0 Å². The lowest BCUT2D eigenvalue weighted by molar-refractivity contribution is -0.137. The van der Waals surface area contributed by atoms with Gasteiger partial charge in [0.2, 0.25) is 0 Å². The molecule has 1 nitrogen and oxygen atoms in total. The molecule has 0 radical (unpaired) electrons. The third-order valence-electron chi connectivity index (χ3n) is 2.11. The number of halogens is 3. The number of allylic oxidation sites excluding steroid dienone is 5. The Bertz CT molecular complexity index is 521. The average Bonchev–Trinajstić information content (AvgIpc) is 2.73. The molecule has 0 fully saturated rings. The van der Waals surface area contributed by atoms with E-state index in [0.29, 0.717) is 22.5 Å². The molecule has 1 aromatic rings. The molecule has 0 bridgehead atoms. The Morgan fingerprint density at radius 3 is 2.33 bits per heavy atom. The van der Waals surface area contributed by atoms with Gasteiger partial charge in [0.05, 0.1) is 5.69 Å². The van der Waals surface area contributed by atoms with Crippen molar-refractivity contribution in [1.82, 2.24) is 4.98 Å². The molecule has 0 atom stereocenters. The first-order valence-electron chi connectivity index (χ1n) is 4.96. The topological polar surface area (TPSA) is 12.9 Å². The van der Waals surface area contributed by atoms with E-state index < -0.39 is 11.2 Å². The van der Waals surface area contributed by atoms with Crippen LogP contribution in [0.4, 0.5) is 13.2 Å². The molecule has 0 saturated carbocycles. The summed E-state index contributed by atoms with van der Waals surface area (Å²) in [7, 11) is 0. The number of aromatic nitrogens is 1. The van der Waals surface area contributed by atoms with Gasteiger partial charge in [-0.15, -0.1) is 11.3 Å². The first kappa shape index (κ1) is 14.4. The van der Waals surface area contributed by atoms with Crippen molar-refractivity contribution in [2.45, 2.75) is 13.1 Å². The Labute approximate surface area is 108 Å². The summed E-state index contributed by atoms with van der Waals surface area (Å²) in [5.74, 6) is 0. The van der Waals surface area contributed by atoms with E-state index >= 15 is 0 Å². The summed E-state index contributed by atoms with van der Waals surface area (Å²) in [6.07, 6.45) is -1.18. The minimum Gasteiger partial charge on any atom is -0.232 e. The Morgan fingerprint density at radius 1 is 1.28 bits per heavy atom. The van der Waals surface area contributed by atoms with Crippen LogP contribution >= 0.6 is 11.3 Å². The van der Waals surface area contributed by atoms with Crippen molar-refractivity contribution in [3.05, 3.63) is 59.1 Å². The van der Waals surface area contributed by atoms with Crippen LogP contribution in [0, 0.1) is 0 Å². The monoisotopic (exact) mass is 271 g/mol. The molecule has 0 saturated heterocycles. The maximum Gasteiger partial charge on any atom is 0.443 e. The smallest absolute Gasteiger partial charge is 0.232 e. The molecule has 1 aromatic heterocycles. The van der Waals surface area contributed by atoms with Crippen molar-refractivity contribution >= 4 is 16.9 Å². The molecular formula is C13H12F3NS. The number of alkyl halides is 3. The Morgan fingerprint density at radius 2 is 1.89 bits per heavy atom. The van der Waals surface area contributed by atoms with Gasteiger partial charge < -0.3 is 0 Å². The van der Waals surface area contributed by atoms with E-state index in [9.17, 15) is 13.2 Å². The first-order valence-corrected chi connectivity index (χ1v) is 5.84. The minimum absolute atomic E-state index is 0.220. The number of hydrogen-bond donors (Lipinski definition) is 0. The summed E-state index contributed by atoms with van der Waals surface area (Å²) in [5, 5.41) is 0.463. The maximum atomic E-state index is 12.4. The van der Waals surface area contributed by atoms with Crippen LogP contribution in [0.25, 0.3) is 5.57 Å². The lowest BCUT2D eigenvalue weighted by Gasteiger charge is -2.00. The predicted octanol–water partition coefficient (Wildman–Crippen LogP) is 4.86. The highest BCUT2D eigenvalue weighted by molar-refractivity contribution is 7.09. The molecule has 0 N–H and O–H groups in total. The molecule has 0 aliphatic carbocycles. The third kappa shape index (κ3) is 3.70. The van der Waals surface area contributed by atoms with Gasteiger partial charge in [-0.3, -0.25) is 0 Å². The second-order valence-corrected chi connectivity index (χ2v) is 4.56. The van der Waals surface area contributed by atoms with E-state index in [1.54, 1.807) is 19.1 Å². The van der Waals surface area contributed by atoms with Crippen molar-refractivity contribution in [3.63, 3.8) is 0 Å². The number of rotatable bonds is 4. The highest BCUT2D eigenvalue weighted by Crippen LogP contribution is 2.33. The second kappa shape index (κ2) is 5.35. The SMILES string of the molecule is C=C(C)C(=C)/C=C\C(=C)c1csc(C(F)(F)F)n1. The summed E-state index contributed by atoms with van der Waals surface area (Å²) in [4.78, 5) is 3.49. The fourth-order valence-electron chi connectivity index (χ4n) is 0.980. The van der Waals surface area contributed by atoms with Gasteiger partial charge in [-0.25, -0.2) is 4.98 Å². The zero-order chi connectivity index (χ0) is 13.9. The van der Waals surface area contributed by atoms with Crippen LogP contribution in [0.5, 0.6) is 0 Å². The number of nitrogens with zero attached hydrogens (tertiary/aromatic N) is 1. The van der Waals surface area contributed by atoms with Gasteiger partial charge in [0.15, 0.2) is 5.01 Å². The van der Waals surface area contributed by atoms with Gasteiger partial charge in [-0.05, 0) is 18.1 Å². The first-order chi connectivity index (χ1) is 8.21. The van der Waals surface area contributed by atoms with Crippen molar-refractivity contribution < 1.29 is 13.2 Å². The van der Waals surface area contributed by atoms with Crippen LogP contribution in [-0.2, 0) is 6.18 Å². The summed E-state index contributed by atoms with van der Waals surface area (Å²) in [6, 6.07) is 0. The third-order valence-corrected chi connectivity index (χ3v) is 3.00. The average molecular weight is 271 g/mol. The largest absolute Gasteiger partial charge is 0.443 e. The molecule has 1 heterocycles. The molecule has 18 heavy (non-hydrogen) atoms. The van der Waals surface area contributed by atoms with Crippen LogP contribution in [0.15, 0.2) is 48.4 Å². The molecule has 0 amide bonds. The fraction of sp³-hybridized carbons (Fsp3) is 0.154. The molecule has 0 aromatic carbocycles. The van der Waals surface area contributed by atoms with E-state index in [0.717, 1.165) is 5.57 Å². The van der Waals surface area contributed by atoms with Gasteiger partial charge in [-0.2, -0.15) is 13.2 Å². The minimum atomic E-state index is -4.41. The summed E-state index contributed by atoms with van der Waals surface area (Å²) in [5.41, 5.74) is 2.11. The van der Waals surface area contributed by atoms with E-state index in [1.807, 2.05) is 0 Å². The summed E-state index contributed by atoms with van der Waals surface area (Å²) < 4.78 is 37.1. The van der Waals surface area contributed by atoms with Crippen LogP contribution in [0.3, 0.4) is 0 Å². The number of hydrogen-bond acceptors (Lipinski definition) is 2. The lowest BCUT2D eigenvalue weighted by atomic mass is 10.1. The summed E-state index contributed by atoms with van der Waals surface area (Å²) >= 11 is 0.555. The van der Waals surface area contributed by atoms with Crippen LogP contribution in [0.1, 0.15) is 17.6 Å². The summed E-state index contributed by atoms with van der Waals surface area (Å²) in [6.45, 7) is 12.9. The molecule has 0 aliphatic rings. The number of thiazole rings is 1. The highest BCUT2D eigenvalue weighted by Gasteiger charge is 2.34. The standard InChI is InChI=1S/C13H12F3NS/c1-8(2)9(3)5-6-10(4)11-7-18-12(17-11)13(14,15)16/h5-7H,1,3-4H2,2H3/b6-5-. The Balaban J connectivity index is 2.83. The van der Waals surface area contributed by atoms with Crippen molar-refractivity contribution in [3.8, 4) is 0 Å². The lowest BCUT2D eigenvalue weighted by Crippen LogP contribution is -2.03. The van der Waals surface area contributed by atoms with Gasteiger partial charge in [0.1, 0.15) is 0 Å². The molecular weight excluding hydrogens is 259 g/mol. The Kier molecular flexibility index (Phi) is 4.29. The second-order valence-electron chi connectivity index (χ2n) is 3.70. The molecule has 96 valence electrons. The van der Waals surface area contributed by atoms with Crippen LogP contribution < -0.4 is 0 Å². The maximum absolute atomic E-state index is 12.4. The molecule has 1 rings (SSSR count). The van der Waals surface area contributed by atoms with Crippen molar-refractivity contribution in [1.29, 1.82) is 0 Å². The molecule has 5 heteroatoms. The quantitative estimate of drug-likeness (QED) is 0.712. The fourth-order valence-corrected chi connectivity index (χ4v) is 1.69. The van der Waals surface area contributed by atoms with Crippen molar-refractivity contribution in [2.75, 3.05) is 0 Å².